The Morgan fingerprint density at radius 3 is 2.55 bits per heavy atom. The predicted octanol–water partition coefficient (Wildman–Crippen LogP) is 7.21. The van der Waals surface area contributed by atoms with Gasteiger partial charge in [0.25, 0.3) is 0 Å². The number of methoxy groups -OCH3 is 1. The molecule has 3 nitrogen and oxygen atoms in total. The van der Waals surface area contributed by atoms with Gasteiger partial charge >= 0.3 is 0 Å². The second-order valence-electron chi connectivity index (χ2n) is 8.11. The highest BCUT2D eigenvalue weighted by Gasteiger charge is 2.20. The molecule has 0 atom stereocenters. The van der Waals surface area contributed by atoms with Crippen molar-refractivity contribution in [3.05, 3.63) is 58.6 Å². The molecule has 3 aromatic rings. The standard InChI is InChI=1S/C25H30N2OS/c1-17(9-10-20-7-5-6-8-20)23-15-25(24-16-29-19(3)26-24)27(18(23)2)21-11-13-22(28-4)14-12-21/h11-16,20H,1,5-10H2,2-4H3. The van der Waals surface area contributed by atoms with Crippen LogP contribution in [0.3, 0.4) is 0 Å². The van der Waals surface area contributed by atoms with Crippen LogP contribution < -0.4 is 4.74 Å². The number of allylic oxidation sites excluding steroid dienone is 1. The molecule has 2 heterocycles. The Kier molecular flexibility index (Phi) is 5.91. The van der Waals surface area contributed by atoms with Gasteiger partial charge in [0.1, 0.15) is 5.75 Å². The van der Waals surface area contributed by atoms with Gasteiger partial charge in [-0.25, -0.2) is 4.98 Å². The number of nitrogens with zero attached hydrogens (tertiary/aromatic N) is 2. The Balaban J connectivity index is 1.70. The quantitative estimate of drug-likeness (QED) is 0.414. The summed E-state index contributed by atoms with van der Waals surface area (Å²) in [7, 11) is 1.70. The van der Waals surface area contributed by atoms with Crippen molar-refractivity contribution in [1.29, 1.82) is 0 Å². The average molecular weight is 407 g/mol. The highest BCUT2D eigenvalue weighted by atomic mass is 32.1. The van der Waals surface area contributed by atoms with E-state index in [1.165, 1.54) is 48.9 Å². The maximum absolute atomic E-state index is 5.34. The summed E-state index contributed by atoms with van der Waals surface area (Å²) in [6.07, 6.45) is 7.92. The number of aromatic nitrogens is 2. The van der Waals surface area contributed by atoms with E-state index in [2.05, 4.69) is 48.6 Å². The minimum absolute atomic E-state index is 0.866. The molecule has 29 heavy (non-hydrogen) atoms. The van der Waals surface area contributed by atoms with Gasteiger partial charge in [-0.05, 0) is 74.1 Å². The molecule has 0 spiro atoms. The van der Waals surface area contributed by atoms with Crippen LogP contribution in [0.5, 0.6) is 5.75 Å². The normalized spacial score (nSPS) is 14.4. The predicted molar refractivity (Wildman–Crippen MR) is 123 cm³/mol. The molecule has 152 valence electrons. The summed E-state index contributed by atoms with van der Waals surface area (Å²) in [5, 5.41) is 3.23. The largest absolute Gasteiger partial charge is 0.497 e. The summed E-state index contributed by atoms with van der Waals surface area (Å²) in [5.74, 6) is 1.75. The molecule has 1 saturated carbocycles. The van der Waals surface area contributed by atoms with Crippen molar-refractivity contribution in [2.45, 2.75) is 52.4 Å². The van der Waals surface area contributed by atoms with Crippen LogP contribution in [0.2, 0.25) is 0 Å². The van der Waals surface area contributed by atoms with Crippen molar-refractivity contribution in [3.8, 4) is 22.8 Å². The lowest BCUT2D eigenvalue weighted by molar-refractivity contribution is 0.414. The zero-order valence-corrected chi connectivity index (χ0v) is 18.5. The first kappa shape index (κ1) is 20.0. The molecule has 0 amide bonds. The Morgan fingerprint density at radius 1 is 1.21 bits per heavy atom. The van der Waals surface area contributed by atoms with E-state index >= 15 is 0 Å². The number of ether oxygens (including phenoxy) is 1. The van der Waals surface area contributed by atoms with Crippen molar-refractivity contribution in [1.82, 2.24) is 9.55 Å². The number of aryl methyl sites for hydroxylation is 1. The highest BCUT2D eigenvalue weighted by Crippen LogP contribution is 2.36. The van der Waals surface area contributed by atoms with Crippen LogP contribution in [-0.2, 0) is 0 Å². The molecule has 2 aromatic heterocycles. The van der Waals surface area contributed by atoms with Crippen molar-refractivity contribution in [2.75, 3.05) is 7.11 Å². The smallest absolute Gasteiger partial charge is 0.119 e. The van der Waals surface area contributed by atoms with Crippen LogP contribution >= 0.6 is 11.3 Å². The van der Waals surface area contributed by atoms with Gasteiger partial charge in [0, 0.05) is 16.8 Å². The molecule has 0 N–H and O–H groups in total. The zero-order valence-electron chi connectivity index (χ0n) is 17.7. The lowest BCUT2D eigenvalue weighted by atomic mass is 9.95. The monoisotopic (exact) mass is 406 g/mol. The second kappa shape index (κ2) is 8.58. The van der Waals surface area contributed by atoms with Crippen molar-refractivity contribution < 1.29 is 4.74 Å². The summed E-state index contributed by atoms with van der Waals surface area (Å²) < 4.78 is 7.65. The summed E-state index contributed by atoms with van der Waals surface area (Å²) in [5.41, 5.74) is 7.02. The SMILES string of the molecule is C=C(CCC1CCCC1)c1cc(-c2csc(C)n2)n(-c2ccc(OC)cc2)c1C. The molecule has 0 saturated heterocycles. The molecular formula is C25H30N2OS. The number of hydrogen-bond acceptors (Lipinski definition) is 3. The van der Waals surface area contributed by atoms with E-state index in [4.69, 9.17) is 9.72 Å². The fraction of sp³-hybridized carbons (Fsp3) is 0.400. The van der Waals surface area contributed by atoms with E-state index in [0.717, 1.165) is 40.2 Å². The van der Waals surface area contributed by atoms with Crippen LogP contribution in [-0.4, -0.2) is 16.7 Å². The van der Waals surface area contributed by atoms with Gasteiger partial charge in [-0.3, -0.25) is 0 Å². The van der Waals surface area contributed by atoms with Gasteiger partial charge in [-0.15, -0.1) is 11.3 Å². The van der Waals surface area contributed by atoms with Crippen molar-refractivity contribution in [2.24, 2.45) is 5.92 Å². The van der Waals surface area contributed by atoms with E-state index in [1.807, 2.05) is 12.1 Å². The lowest BCUT2D eigenvalue weighted by Crippen LogP contribution is -2.00. The zero-order chi connectivity index (χ0) is 20.4. The average Bonchev–Trinajstić information content (AvgIpc) is 3.46. The molecule has 0 aliphatic heterocycles. The van der Waals surface area contributed by atoms with Crippen LogP contribution in [0, 0.1) is 19.8 Å². The third-order valence-electron chi connectivity index (χ3n) is 6.17. The van der Waals surface area contributed by atoms with E-state index in [-0.39, 0.29) is 0 Å². The lowest BCUT2D eigenvalue weighted by Gasteiger charge is -2.13. The fourth-order valence-corrected chi connectivity index (χ4v) is 5.12. The highest BCUT2D eigenvalue weighted by molar-refractivity contribution is 7.09. The number of thiazole rings is 1. The van der Waals surface area contributed by atoms with E-state index in [1.54, 1.807) is 18.4 Å². The van der Waals surface area contributed by atoms with Crippen LogP contribution in [0.15, 0.2) is 42.3 Å². The van der Waals surface area contributed by atoms with Crippen LogP contribution in [0.4, 0.5) is 0 Å². The summed E-state index contributed by atoms with van der Waals surface area (Å²) in [6, 6.07) is 10.5. The molecule has 0 unspecified atom stereocenters. The third kappa shape index (κ3) is 4.18. The van der Waals surface area contributed by atoms with E-state index in [0.29, 0.717) is 0 Å². The maximum atomic E-state index is 5.34. The van der Waals surface area contributed by atoms with Gasteiger partial charge in [-0.2, -0.15) is 0 Å². The van der Waals surface area contributed by atoms with Gasteiger partial charge in [-0.1, -0.05) is 32.3 Å². The minimum Gasteiger partial charge on any atom is -0.497 e. The van der Waals surface area contributed by atoms with Crippen molar-refractivity contribution in [3.63, 3.8) is 0 Å². The molecule has 1 aliphatic rings. The van der Waals surface area contributed by atoms with E-state index < -0.39 is 0 Å². The van der Waals surface area contributed by atoms with Gasteiger partial charge in [0.2, 0.25) is 0 Å². The molecule has 0 radical (unpaired) electrons. The Labute approximate surface area is 178 Å². The minimum atomic E-state index is 0.866. The van der Waals surface area contributed by atoms with Gasteiger partial charge < -0.3 is 9.30 Å². The first-order valence-corrected chi connectivity index (χ1v) is 11.4. The fourth-order valence-electron chi connectivity index (χ4n) is 4.51. The Hall–Kier alpha value is -2.33. The summed E-state index contributed by atoms with van der Waals surface area (Å²) in [4.78, 5) is 4.77. The molecule has 1 aliphatic carbocycles. The number of hydrogen-bond donors (Lipinski definition) is 0. The Morgan fingerprint density at radius 2 is 1.93 bits per heavy atom. The molecule has 1 fully saturated rings. The summed E-state index contributed by atoms with van der Waals surface area (Å²) >= 11 is 1.69. The van der Waals surface area contributed by atoms with E-state index in [9.17, 15) is 0 Å². The first-order valence-electron chi connectivity index (χ1n) is 10.5. The first-order chi connectivity index (χ1) is 14.1. The number of rotatable bonds is 7. The summed E-state index contributed by atoms with van der Waals surface area (Å²) in [6.45, 7) is 8.73. The molecular weight excluding hydrogens is 376 g/mol. The molecule has 4 rings (SSSR count). The second-order valence-corrected chi connectivity index (χ2v) is 9.17. The van der Waals surface area contributed by atoms with Gasteiger partial charge in [0.05, 0.1) is 23.5 Å². The molecule has 1 aromatic carbocycles. The number of benzene rings is 1. The topological polar surface area (TPSA) is 27.1 Å². The van der Waals surface area contributed by atoms with Crippen molar-refractivity contribution >= 4 is 16.9 Å². The maximum Gasteiger partial charge on any atom is 0.119 e. The van der Waals surface area contributed by atoms with Gasteiger partial charge in [0.15, 0.2) is 0 Å². The third-order valence-corrected chi connectivity index (χ3v) is 6.94. The molecule has 0 bridgehead atoms. The molecule has 4 heteroatoms. The van der Waals surface area contributed by atoms with Crippen LogP contribution in [0.1, 0.15) is 54.8 Å². The Bertz CT molecular complexity index is 991. The van der Waals surface area contributed by atoms with Crippen LogP contribution in [0.25, 0.3) is 22.6 Å².